The zero-order valence-electron chi connectivity index (χ0n) is 11.4. The number of para-hydroxylation sites is 1. The summed E-state index contributed by atoms with van der Waals surface area (Å²) in [5.41, 5.74) is 10.1. The second-order valence-corrected chi connectivity index (χ2v) is 4.87. The molecule has 0 saturated heterocycles. The number of anilines is 2. The first-order chi connectivity index (χ1) is 9.74. The second kappa shape index (κ2) is 5.21. The van der Waals surface area contributed by atoms with Crippen molar-refractivity contribution in [2.24, 2.45) is 0 Å². The van der Waals surface area contributed by atoms with E-state index in [2.05, 4.69) is 28.5 Å². The fourth-order valence-corrected chi connectivity index (χ4v) is 2.25. The Kier molecular flexibility index (Phi) is 3.25. The van der Waals surface area contributed by atoms with Crippen molar-refractivity contribution in [2.45, 2.75) is 13.5 Å². The second-order valence-electron chi connectivity index (χ2n) is 4.87. The van der Waals surface area contributed by atoms with E-state index >= 15 is 0 Å². The highest BCUT2D eigenvalue weighted by Crippen LogP contribution is 2.18. The normalized spacial score (nSPS) is 10.7. The fourth-order valence-electron chi connectivity index (χ4n) is 2.25. The zero-order chi connectivity index (χ0) is 13.9. The van der Waals surface area contributed by atoms with Crippen molar-refractivity contribution in [2.75, 3.05) is 11.1 Å². The highest BCUT2D eigenvalue weighted by Gasteiger charge is 2.02. The number of hydrogen-bond donors (Lipinski definition) is 2. The van der Waals surface area contributed by atoms with Gasteiger partial charge in [0.15, 0.2) is 0 Å². The fraction of sp³-hybridized carbons (Fsp3) is 0.118. The average molecular weight is 263 g/mol. The number of nitrogens with one attached hydrogen (secondary N) is 1. The predicted octanol–water partition coefficient (Wildman–Crippen LogP) is 3.74. The Morgan fingerprint density at radius 2 is 1.85 bits per heavy atom. The van der Waals surface area contributed by atoms with Crippen LogP contribution in [0.25, 0.3) is 10.9 Å². The van der Waals surface area contributed by atoms with E-state index in [1.807, 2.05) is 43.3 Å². The predicted molar refractivity (Wildman–Crippen MR) is 84.7 cm³/mol. The first kappa shape index (κ1) is 12.5. The zero-order valence-corrected chi connectivity index (χ0v) is 11.4. The molecule has 0 aliphatic rings. The molecule has 0 amide bonds. The number of pyridine rings is 1. The number of fused-ring (bicyclic) bond motifs is 1. The summed E-state index contributed by atoms with van der Waals surface area (Å²) in [4.78, 5) is 4.60. The number of benzene rings is 2. The van der Waals surface area contributed by atoms with Gasteiger partial charge < -0.3 is 11.1 Å². The standard InChI is InChI=1S/C17H17N3/c1-12-14(6-4-7-15(12)18)11-19-17-10-9-13-5-2-3-8-16(13)20-17/h2-10H,11,18H2,1H3,(H,19,20). The summed E-state index contributed by atoms with van der Waals surface area (Å²) < 4.78 is 0. The van der Waals surface area contributed by atoms with E-state index in [1.165, 1.54) is 5.56 Å². The number of nitrogens with two attached hydrogens (primary N) is 1. The summed E-state index contributed by atoms with van der Waals surface area (Å²) in [6, 6.07) is 18.2. The van der Waals surface area contributed by atoms with Crippen molar-refractivity contribution in [1.29, 1.82) is 0 Å². The molecule has 100 valence electrons. The largest absolute Gasteiger partial charge is 0.399 e. The number of hydrogen-bond acceptors (Lipinski definition) is 3. The molecule has 0 bridgehead atoms. The van der Waals surface area contributed by atoms with E-state index in [-0.39, 0.29) is 0 Å². The Hall–Kier alpha value is -2.55. The molecule has 0 saturated carbocycles. The van der Waals surface area contributed by atoms with Crippen LogP contribution in [0.2, 0.25) is 0 Å². The van der Waals surface area contributed by atoms with Gasteiger partial charge in [-0.3, -0.25) is 0 Å². The van der Waals surface area contributed by atoms with Gasteiger partial charge in [0.25, 0.3) is 0 Å². The molecule has 3 aromatic rings. The lowest BCUT2D eigenvalue weighted by atomic mass is 10.1. The Morgan fingerprint density at radius 1 is 1.00 bits per heavy atom. The van der Waals surface area contributed by atoms with Crippen LogP contribution in [0.3, 0.4) is 0 Å². The molecule has 1 aromatic heterocycles. The lowest BCUT2D eigenvalue weighted by Gasteiger charge is -2.10. The molecule has 3 heteroatoms. The maximum atomic E-state index is 5.92. The van der Waals surface area contributed by atoms with Crippen LogP contribution in [-0.4, -0.2) is 4.98 Å². The maximum Gasteiger partial charge on any atom is 0.126 e. The van der Waals surface area contributed by atoms with Crippen LogP contribution in [-0.2, 0) is 6.54 Å². The van der Waals surface area contributed by atoms with Gasteiger partial charge in [0, 0.05) is 17.6 Å². The van der Waals surface area contributed by atoms with Gasteiger partial charge in [0.2, 0.25) is 0 Å². The molecule has 1 heterocycles. The monoisotopic (exact) mass is 263 g/mol. The van der Waals surface area contributed by atoms with Crippen LogP contribution in [0.4, 0.5) is 11.5 Å². The molecular formula is C17H17N3. The molecule has 0 spiro atoms. The van der Waals surface area contributed by atoms with Crippen molar-refractivity contribution in [1.82, 2.24) is 4.98 Å². The summed E-state index contributed by atoms with van der Waals surface area (Å²) in [7, 11) is 0. The molecule has 0 unspecified atom stereocenters. The quantitative estimate of drug-likeness (QED) is 0.708. The first-order valence-corrected chi connectivity index (χ1v) is 6.68. The molecule has 20 heavy (non-hydrogen) atoms. The van der Waals surface area contributed by atoms with Crippen LogP contribution >= 0.6 is 0 Å². The smallest absolute Gasteiger partial charge is 0.126 e. The van der Waals surface area contributed by atoms with Crippen LogP contribution in [0.1, 0.15) is 11.1 Å². The van der Waals surface area contributed by atoms with E-state index in [0.29, 0.717) is 0 Å². The molecule has 2 aromatic carbocycles. The third-order valence-corrected chi connectivity index (χ3v) is 3.55. The number of rotatable bonds is 3. The lowest BCUT2D eigenvalue weighted by Crippen LogP contribution is -2.04. The summed E-state index contributed by atoms with van der Waals surface area (Å²) in [5, 5.41) is 4.51. The van der Waals surface area contributed by atoms with Gasteiger partial charge in [-0.15, -0.1) is 0 Å². The van der Waals surface area contributed by atoms with Crippen molar-refractivity contribution < 1.29 is 0 Å². The van der Waals surface area contributed by atoms with Gasteiger partial charge in [-0.1, -0.05) is 30.3 Å². The SMILES string of the molecule is Cc1c(N)cccc1CNc1ccc2ccccc2n1. The summed E-state index contributed by atoms with van der Waals surface area (Å²) in [6.45, 7) is 2.77. The molecule has 3 rings (SSSR count). The minimum Gasteiger partial charge on any atom is -0.399 e. The molecule has 0 aliphatic heterocycles. The van der Waals surface area contributed by atoms with Crippen molar-refractivity contribution in [3.8, 4) is 0 Å². The molecule has 3 N–H and O–H groups in total. The van der Waals surface area contributed by atoms with Crippen LogP contribution in [0.15, 0.2) is 54.6 Å². The van der Waals surface area contributed by atoms with E-state index < -0.39 is 0 Å². The van der Waals surface area contributed by atoms with Crippen LogP contribution < -0.4 is 11.1 Å². The topological polar surface area (TPSA) is 50.9 Å². The van der Waals surface area contributed by atoms with Crippen LogP contribution in [0.5, 0.6) is 0 Å². The van der Waals surface area contributed by atoms with Gasteiger partial charge in [-0.05, 0) is 42.3 Å². The van der Waals surface area contributed by atoms with Gasteiger partial charge in [0.05, 0.1) is 5.52 Å². The van der Waals surface area contributed by atoms with Gasteiger partial charge in [0.1, 0.15) is 5.82 Å². The molecule has 0 fully saturated rings. The van der Waals surface area contributed by atoms with Crippen LogP contribution in [0, 0.1) is 6.92 Å². The van der Waals surface area contributed by atoms with Gasteiger partial charge in [-0.25, -0.2) is 4.98 Å². The van der Waals surface area contributed by atoms with E-state index in [1.54, 1.807) is 0 Å². The summed E-state index contributed by atoms with van der Waals surface area (Å²) >= 11 is 0. The minimum absolute atomic E-state index is 0.724. The van der Waals surface area contributed by atoms with Crippen molar-refractivity contribution >= 4 is 22.4 Å². The molecular weight excluding hydrogens is 246 g/mol. The number of nitrogen functional groups attached to an aromatic ring is 1. The lowest BCUT2D eigenvalue weighted by molar-refractivity contribution is 1.10. The maximum absolute atomic E-state index is 5.92. The van der Waals surface area contributed by atoms with Crippen molar-refractivity contribution in [3.63, 3.8) is 0 Å². The molecule has 0 radical (unpaired) electrons. The molecule has 3 nitrogen and oxygen atoms in total. The summed E-state index contributed by atoms with van der Waals surface area (Å²) in [5.74, 6) is 0.880. The highest BCUT2D eigenvalue weighted by molar-refractivity contribution is 5.80. The Labute approximate surface area is 118 Å². The van der Waals surface area contributed by atoms with E-state index in [9.17, 15) is 0 Å². The molecule has 0 atom stereocenters. The van der Waals surface area contributed by atoms with E-state index in [0.717, 1.165) is 34.5 Å². The highest BCUT2D eigenvalue weighted by atomic mass is 15.0. The van der Waals surface area contributed by atoms with Crippen molar-refractivity contribution in [3.05, 3.63) is 65.7 Å². The molecule has 0 aliphatic carbocycles. The first-order valence-electron chi connectivity index (χ1n) is 6.68. The van der Waals surface area contributed by atoms with E-state index in [4.69, 9.17) is 5.73 Å². The Bertz CT molecular complexity index is 750. The Morgan fingerprint density at radius 3 is 2.75 bits per heavy atom. The average Bonchev–Trinajstić information content (AvgIpc) is 2.48. The Balaban J connectivity index is 1.81. The van der Waals surface area contributed by atoms with Gasteiger partial charge >= 0.3 is 0 Å². The minimum atomic E-state index is 0.724. The number of aromatic nitrogens is 1. The third-order valence-electron chi connectivity index (χ3n) is 3.55. The van der Waals surface area contributed by atoms with Gasteiger partial charge in [-0.2, -0.15) is 0 Å². The third kappa shape index (κ3) is 2.43. The summed E-state index contributed by atoms with van der Waals surface area (Å²) in [6.07, 6.45) is 0. The number of nitrogens with zero attached hydrogens (tertiary/aromatic N) is 1.